The number of carbonyl (C=O) groups is 1. The van der Waals surface area contributed by atoms with E-state index in [1.807, 2.05) is 18.2 Å². The number of quaternary nitrogens is 1. The molecule has 2 fully saturated rings. The summed E-state index contributed by atoms with van der Waals surface area (Å²) in [7, 11) is 4.42. The number of nitrogens with zero attached hydrogens (tertiary/aromatic N) is 1. The van der Waals surface area contributed by atoms with E-state index >= 15 is 0 Å². The number of carbonyl (C=O) groups excluding carboxylic acids is 1. The Bertz CT molecular complexity index is 548. The molecular formula is C20H30NO2+. The Labute approximate surface area is 140 Å². The molecule has 23 heavy (non-hydrogen) atoms. The molecule has 0 radical (unpaired) electrons. The second-order valence-corrected chi connectivity index (χ2v) is 8.21. The van der Waals surface area contributed by atoms with Crippen molar-refractivity contribution in [2.45, 2.75) is 50.5 Å². The van der Waals surface area contributed by atoms with Crippen molar-refractivity contribution in [3.63, 3.8) is 0 Å². The fraction of sp³-hybridized carbons (Fsp3) is 0.650. The highest BCUT2D eigenvalue weighted by Gasteiger charge is 2.47. The van der Waals surface area contributed by atoms with Gasteiger partial charge in [-0.2, -0.15) is 0 Å². The van der Waals surface area contributed by atoms with Crippen LogP contribution < -0.4 is 0 Å². The third-order valence-electron chi connectivity index (χ3n) is 6.00. The summed E-state index contributed by atoms with van der Waals surface area (Å²) in [6, 6.07) is 10.3. The molecule has 1 heterocycles. The summed E-state index contributed by atoms with van der Waals surface area (Å²) in [6.45, 7) is 4.13. The highest BCUT2D eigenvalue weighted by Crippen LogP contribution is 2.43. The smallest absolute Gasteiger partial charge is 0.317 e. The van der Waals surface area contributed by atoms with Gasteiger partial charge in [-0.15, -0.1) is 0 Å². The molecule has 0 amide bonds. The van der Waals surface area contributed by atoms with E-state index in [0.717, 1.165) is 42.4 Å². The maximum absolute atomic E-state index is 13.2. The standard InChI is InChI=1S/C20H30NO2/c1-20(17-11-7-8-12-17,16-9-5-4-6-10-16)19(22)23-18-13-14-21(2,3)15-18/h4-6,9-10,17-18H,7-8,11-15H2,1-3H3/q+1/t18?,20-/m0/s1. The molecule has 2 atom stereocenters. The van der Waals surface area contributed by atoms with Crippen LogP contribution in [0.3, 0.4) is 0 Å². The van der Waals surface area contributed by atoms with Crippen LogP contribution in [-0.4, -0.2) is 43.7 Å². The van der Waals surface area contributed by atoms with Crippen molar-refractivity contribution in [2.24, 2.45) is 5.92 Å². The lowest BCUT2D eigenvalue weighted by Gasteiger charge is -2.34. The normalized spacial score (nSPS) is 26.8. The number of likely N-dealkylation sites (N-methyl/N-ethyl adjacent to an activating group) is 1. The van der Waals surface area contributed by atoms with E-state index in [-0.39, 0.29) is 12.1 Å². The lowest BCUT2D eigenvalue weighted by molar-refractivity contribution is -0.879. The van der Waals surface area contributed by atoms with Crippen LogP contribution >= 0.6 is 0 Å². The first-order valence-electron chi connectivity index (χ1n) is 9.00. The van der Waals surface area contributed by atoms with Crippen LogP contribution in [0.2, 0.25) is 0 Å². The van der Waals surface area contributed by atoms with E-state index in [1.54, 1.807) is 0 Å². The van der Waals surface area contributed by atoms with Gasteiger partial charge in [0.15, 0.2) is 6.10 Å². The minimum Gasteiger partial charge on any atom is -0.455 e. The molecule has 1 saturated carbocycles. The molecule has 2 aliphatic rings. The first-order valence-corrected chi connectivity index (χ1v) is 9.00. The summed E-state index contributed by atoms with van der Waals surface area (Å²) in [4.78, 5) is 13.2. The maximum atomic E-state index is 13.2. The van der Waals surface area contributed by atoms with Gasteiger partial charge in [0.1, 0.15) is 6.54 Å². The quantitative estimate of drug-likeness (QED) is 0.627. The zero-order valence-corrected chi connectivity index (χ0v) is 14.8. The molecule has 1 aliphatic carbocycles. The first kappa shape index (κ1) is 16.5. The molecule has 0 spiro atoms. The third kappa shape index (κ3) is 3.30. The molecule has 0 N–H and O–H groups in total. The van der Waals surface area contributed by atoms with Gasteiger partial charge >= 0.3 is 5.97 Å². The summed E-state index contributed by atoms with van der Waals surface area (Å²) in [5.74, 6) is 0.392. The average molecular weight is 316 g/mol. The van der Waals surface area contributed by atoms with E-state index < -0.39 is 5.41 Å². The third-order valence-corrected chi connectivity index (χ3v) is 6.00. The number of rotatable bonds is 4. The Hall–Kier alpha value is -1.35. The van der Waals surface area contributed by atoms with Crippen molar-refractivity contribution in [3.05, 3.63) is 35.9 Å². The van der Waals surface area contributed by atoms with Crippen molar-refractivity contribution in [1.82, 2.24) is 0 Å². The first-order chi connectivity index (χ1) is 10.9. The number of benzene rings is 1. The predicted octanol–water partition coefficient (Wildman–Crippen LogP) is 3.53. The highest BCUT2D eigenvalue weighted by molar-refractivity contribution is 5.83. The molecule has 0 bridgehead atoms. The molecule has 3 nitrogen and oxygen atoms in total. The summed E-state index contributed by atoms with van der Waals surface area (Å²) in [5.41, 5.74) is 0.612. The zero-order valence-electron chi connectivity index (χ0n) is 14.8. The van der Waals surface area contributed by atoms with Crippen LogP contribution in [0.25, 0.3) is 0 Å². The van der Waals surface area contributed by atoms with E-state index in [2.05, 4.69) is 33.2 Å². The molecule has 1 aromatic rings. The zero-order chi connectivity index (χ0) is 16.5. The van der Waals surface area contributed by atoms with Crippen LogP contribution in [0.5, 0.6) is 0 Å². The lowest BCUT2D eigenvalue weighted by Crippen LogP contribution is -2.44. The van der Waals surface area contributed by atoms with E-state index in [9.17, 15) is 4.79 Å². The van der Waals surface area contributed by atoms with Gasteiger partial charge in [-0.3, -0.25) is 4.79 Å². The van der Waals surface area contributed by atoms with Gasteiger partial charge in [-0.1, -0.05) is 43.2 Å². The topological polar surface area (TPSA) is 26.3 Å². The van der Waals surface area contributed by atoms with Gasteiger partial charge in [-0.25, -0.2) is 0 Å². The van der Waals surface area contributed by atoms with Crippen LogP contribution in [0.4, 0.5) is 0 Å². The van der Waals surface area contributed by atoms with Crippen molar-refractivity contribution in [3.8, 4) is 0 Å². The van der Waals surface area contributed by atoms with Gasteiger partial charge in [-0.05, 0) is 31.2 Å². The fourth-order valence-electron chi connectivity index (χ4n) is 4.41. The van der Waals surface area contributed by atoms with Crippen LogP contribution in [0.15, 0.2) is 30.3 Å². The number of likely N-dealkylation sites (tertiary alicyclic amines) is 1. The average Bonchev–Trinajstić information content (AvgIpc) is 3.17. The van der Waals surface area contributed by atoms with E-state index in [4.69, 9.17) is 4.74 Å². The molecule has 1 aromatic carbocycles. The summed E-state index contributed by atoms with van der Waals surface area (Å²) >= 11 is 0. The molecule has 1 aliphatic heterocycles. The Morgan fingerprint density at radius 2 is 1.78 bits per heavy atom. The van der Waals surface area contributed by atoms with Crippen LogP contribution in [0, 0.1) is 5.92 Å². The molecule has 3 heteroatoms. The molecule has 3 rings (SSSR count). The second kappa shape index (κ2) is 6.27. The number of esters is 1. The van der Waals surface area contributed by atoms with Gasteiger partial charge in [0.05, 0.1) is 26.1 Å². The summed E-state index contributed by atoms with van der Waals surface area (Å²) in [5, 5.41) is 0. The Morgan fingerprint density at radius 3 is 2.35 bits per heavy atom. The summed E-state index contributed by atoms with van der Waals surface area (Å²) < 4.78 is 6.97. The molecule has 0 aromatic heterocycles. The second-order valence-electron chi connectivity index (χ2n) is 8.21. The Morgan fingerprint density at radius 1 is 1.13 bits per heavy atom. The van der Waals surface area contributed by atoms with E-state index in [1.165, 1.54) is 12.8 Å². The van der Waals surface area contributed by atoms with E-state index in [0.29, 0.717) is 5.92 Å². The van der Waals surface area contributed by atoms with Crippen LogP contribution in [-0.2, 0) is 14.9 Å². The minimum atomic E-state index is -0.502. The van der Waals surface area contributed by atoms with Gasteiger partial charge in [0.2, 0.25) is 0 Å². The number of ether oxygens (including phenoxy) is 1. The largest absolute Gasteiger partial charge is 0.455 e. The lowest BCUT2D eigenvalue weighted by atomic mass is 9.71. The number of hydrogen-bond donors (Lipinski definition) is 0. The van der Waals surface area contributed by atoms with Crippen molar-refractivity contribution in [2.75, 3.05) is 27.2 Å². The van der Waals surface area contributed by atoms with Gasteiger partial charge < -0.3 is 9.22 Å². The highest BCUT2D eigenvalue weighted by atomic mass is 16.5. The van der Waals surface area contributed by atoms with Crippen molar-refractivity contribution >= 4 is 5.97 Å². The minimum absolute atomic E-state index is 0.0116. The predicted molar refractivity (Wildman–Crippen MR) is 92.1 cm³/mol. The van der Waals surface area contributed by atoms with Gasteiger partial charge in [0.25, 0.3) is 0 Å². The summed E-state index contributed by atoms with van der Waals surface area (Å²) in [6.07, 6.45) is 5.77. The Balaban J connectivity index is 1.82. The fourth-order valence-corrected chi connectivity index (χ4v) is 4.41. The molecular weight excluding hydrogens is 286 g/mol. The maximum Gasteiger partial charge on any atom is 0.317 e. The molecule has 1 saturated heterocycles. The monoisotopic (exact) mass is 316 g/mol. The SMILES string of the molecule is C[C@](C(=O)OC1CC[N+](C)(C)C1)(c1ccccc1)C1CCCC1. The Kier molecular flexibility index (Phi) is 4.50. The number of hydrogen-bond acceptors (Lipinski definition) is 2. The van der Waals surface area contributed by atoms with Gasteiger partial charge in [0, 0.05) is 6.42 Å². The molecule has 126 valence electrons. The van der Waals surface area contributed by atoms with Crippen molar-refractivity contribution < 1.29 is 14.0 Å². The van der Waals surface area contributed by atoms with Crippen LogP contribution in [0.1, 0.15) is 44.6 Å². The molecule has 1 unspecified atom stereocenters. The van der Waals surface area contributed by atoms with Crippen molar-refractivity contribution in [1.29, 1.82) is 0 Å².